The molecule has 2 nitrogen and oxygen atoms in total. The number of benzene rings is 2. The molecule has 0 radical (unpaired) electrons. The van der Waals surface area contributed by atoms with Gasteiger partial charge in [0.25, 0.3) is 0 Å². The van der Waals surface area contributed by atoms with Crippen molar-refractivity contribution in [2.24, 2.45) is 0 Å². The van der Waals surface area contributed by atoms with Gasteiger partial charge in [-0.3, -0.25) is 0 Å². The van der Waals surface area contributed by atoms with Gasteiger partial charge in [0.1, 0.15) is 18.6 Å². The van der Waals surface area contributed by atoms with Crippen LogP contribution < -0.4 is 4.74 Å². The Morgan fingerprint density at radius 1 is 1.07 bits per heavy atom. The second-order valence-electron chi connectivity index (χ2n) is 3.50. The largest absolute Gasteiger partial charge is 0.483 e. The van der Waals surface area contributed by atoms with Crippen LogP contribution in [0.3, 0.4) is 0 Å². The average molecular weight is 198 g/mol. The summed E-state index contributed by atoms with van der Waals surface area (Å²) >= 11 is 0. The van der Waals surface area contributed by atoms with Crippen LogP contribution in [0.15, 0.2) is 54.5 Å². The van der Waals surface area contributed by atoms with E-state index in [1.807, 2.05) is 24.3 Å². The number of ether oxygens (including phenoxy) is 2. The predicted octanol–water partition coefficient (Wildman–Crippen LogP) is 3.09. The molecule has 2 heteroatoms. The molecule has 0 saturated carbocycles. The molecule has 15 heavy (non-hydrogen) atoms. The van der Waals surface area contributed by atoms with E-state index in [9.17, 15) is 0 Å². The highest BCUT2D eigenvalue weighted by Crippen LogP contribution is 2.22. The minimum atomic E-state index is 0.702. The van der Waals surface area contributed by atoms with Gasteiger partial charge in [-0.15, -0.1) is 0 Å². The summed E-state index contributed by atoms with van der Waals surface area (Å²) in [6, 6.07) is 14.2. The lowest BCUT2D eigenvalue weighted by Crippen LogP contribution is -1.81. The lowest BCUT2D eigenvalue weighted by Gasteiger charge is -2.01. The molecule has 1 saturated heterocycles. The van der Waals surface area contributed by atoms with Crippen LogP contribution in [-0.4, -0.2) is 6.61 Å². The van der Waals surface area contributed by atoms with Gasteiger partial charge in [-0.2, -0.15) is 0 Å². The molecule has 1 fully saturated rings. The summed E-state index contributed by atoms with van der Waals surface area (Å²) in [6.45, 7) is 0.702. The minimum Gasteiger partial charge on any atom is -0.483 e. The van der Waals surface area contributed by atoms with Gasteiger partial charge < -0.3 is 9.47 Å². The Labute approximate surface area is 87.7 Å². The molecule has 0 spiro atoms. The van der Waals surface area contributed by atoms with E-state index in [0.29, 0.717) is 6.61 Å². The van der Waals surface area contributed by atoms with Crippen LogP contribution in [0.1, 0.15) is 0 Å². The highest BCUT2D eigenvalue weighted by atomic mass is 16.6. The molecule has 74 valence electrons. The van der Waals surface area contributed by atoms with Crippen molar-refractivity contribution in [3.8, 4) is 5.75 Å². The molecule has 0 unspecified atom stereocenters. The first-order valence-corrected chi connectivity index (χ1v) is 4.89. The summed E-state index contributed by atoms with van der Waals surface area (Å²) in [5, 5.41) is 2.41. The molecule has 1 heterocycles. The summed E-state index contributed by atoms with van der Waals surface area (Å²) in [6.07, 6.45) is 1.66. The standard InChI is InChI=1S/C13H10O2/c1-2-4-11-7-12(6-5-10(11)3-1)14-8-13-9-15-13/h1-8H,9H2/b13-8+. The van der Waals surface area contributed by atoms with E-state index in [1.54, 1.807) is 6.26 Å². The van der Waals surface area contributed by atoms with Crippen molar-refractivity contribution >= 4 is 10.8 Å². The lowest BCUT2D eigenvalue weighted by atomic mass is 10.1. The Morgan fingerprint density at radius 3 is 2.67 bits per heavy atom. The van der Waals surface area contributed by atoms with Gasteiger partial charge in [0.2, 0.25) is 0 Å². The van der Waals surface area contributed by atoms with Gasteiger partial charge in [-0.05, 0) is 22.9 Å². The quantitative estimate of drug-likeness (QED) is 0.546. The number of hydrogen-bond donors (Lipinski definition) is 0. The first kappa shape index (κ1) is 8.36. The summed E-state index contributed by atoms with van der Waals surface area (Å²) in [5.41, 5.74) is 0. The Morgan fingerprint density at radius 2 is 1.87 bits per heavy atom. The van der Waals surface area contributed by atoms with Crippen LogP contribution in [0.4, 0.5) is 0 Å². The maximum atomic E-state index is 5.45. The first-order chi connectivity index (χ1) is 7.42. The number of epoxide rings is 1. The maximum Gasteiger partial charge on any atom is 0.169 e. The summed E-state index contributed by atoms with van der Waals surface area (Å²) in [7, 11) is 0. The Kier molecular flexibility index (Phi) is 1.85. The zero-order chi connectivity index (χ0) is 10.1. The molecular weight excluding hydrogens is 188 g/mol. The first-order valence-electron chi connectivity index (χ1n) is 4.89. The molecule has 0 amide bonds. The van der Waals surface area contributed by atoms with Gasteiger partial charge in [0, 0.05) is 0 Å². The fraction of sp³-hybridized carbons (Fsp3) is 0.0769. The van der Waals surface area contributed by atoms with Crippen molar-refractivity contribution in [2.45, 2.75) is 0 Å². The molecule has 0 aromatic heterocycles. The zero-order valence-corrected chi connectivity index (χ0v) is 8.14. The second-order valence-corrected chi connectivity index (χ2v) is 3.50. The van der Waals surface area contributed by atoms with Gasteiger partial charge in [-0.1, -0.05) is 30.3 Å². The molecule has 0 aliphatic carbocycles. The van der Waals surface area contributed by atoms with Crippen LogP contribution in [0, 0.1) is 0 Å². The van der Waals surface area contributed by atoms with Crippen LogP contribution >= 0.6 is 0 Å². The van der Waals surface area contributed by atoms with Gasteiger partial charge in [-0.25, -0.2) is 0 Å². The third-order valence-corrected chi connectivity index (χ3v) is 2.36. The molecule has 1 aliphatic rings. The van der Waals surface area contributed by atoms with E-state index >= 15 is 0 Å². The van der Waals surface area contributed by atoms with Crippen LogP contribution in [0.25, 0.3) is 10.8 Å². The summed E-state index contributed by atoms with van der Waals surface area (Å²) in [4.78, 5) is 0. The van der Waals surface area contributed by atoms with Crippen molar-refractivity contribution in [2.75, 3.05) is 6.61 Å². The molecule has 2 aromatic rings. The predicted molar refractivity (Wildman–Crippen MR) is 58.6 cm³/mol. The molecule has 2 aromatic carbocycles. The summed E-state index contributed by atoms with van der Waals surface area (Å²) < 4.78 is 10.4. The normalized spacial score (nSPS) is 16.4. The van der Waals surface area contributed by atoms with E-state index in [0.717, 1.165) is 11.5 Å². The van der Waals surface area contributed by atoms with Crippen LogP contribution in [0.5, 0.6) is 5.75 Å². The van der Waals surface area contributed by atoms with Crippen molar-refractivity contribution in [1.29, 1.82) is 0 Å². The SMILES string of the molecule is C(/Oc1ccc2ccccc2c1)=C1/CO1. The fourth-order valence-electron chi connectivity index (χ4n) is 1.48. The molecule has 3 rings (SSSR count). The smallest absolute Gasteiger partial charge is 0.169 e. The van der Waals surface area contributed by atoms with Gasteiger partial charge >= 0.3 is 0 Å². The number of hydrogen-bond acceptors (Lipinski definition) is 2. The van der Waals surface area contributed by atoms with Gasteiger partial charge in [0.05, 0.1) is 0 Å². The van der Waals surface area contributed by atoms with E-state index in [2.05, 4.69) is 18.2 Å². The van der Waals surface area contributed by atoms with Crippen molar-refractivity contribution < 1.29 is 9.47 Å². The third kappa shape index (κ3) is 1.79. The van der Waals surface area contributed by atoms with E-state index in [4.69, 9.17) is 9.47 Å². The van der Waals surface area contributed by atoms with E-state index in [1.165, 1.54) is 10.8 Å². The molecule has 0 N–H and O–H groups in total. The molecule has 1 aliphatic heterocycles. The highest BCUT2D eigenvalue weighted by Gasteiger charge is 2.12. The fourth-order valence-corrected chi connectivity index (χ4v) is 1.48. The Bertz CT molecular complexity index is 523. The molecule has 0 bridgehead atoms. The van der Waals surface area contributed by atoms with Crippen molar-refractivity contribution in [3.63, 3.8) is 0 Å². The number of rotatable bonds is 2. The van der Waals surface area contributed by atoms with E-state index < -0.39 is 0 Å². The highest BCUT2D eigenvalue weighted by molar-refractivity contribution is 5.83. The third-order valence-electron chi connectivity index (χ3n) is 2.36. The van der Waals surface area contributed by atoms with Crippen molar-refractivity contribution in [1.82, 2.24) is 0 Å². The number of fused-ring (bicyclic) bond motifs is 1. The molecular formula is C13H10O2. The summed E-state index contributed by atoms with van der Waals surface area (Å²) in [5.74, 6) is 1.75. The van der Waals surface area contributed by atoms with Crippen LogP contribution in [0.2, 0.25) is 0 Å². The van der Waals surface area contributed by atoms with Crippen LogP contribution in [-0.2, 0) is 4.74 Å². The average Bonchev–Trinajstić information content (AvgIpc) is 3.10. The minimum absolute atomic E-state index is 0.702. The Hall–Kier alpha value is -1.96. The monoisotopic (exact) mass is 198 g/mol. The van der Waals surface area contributed by atoms with E-state index in [-0.39, 0.29) is 0 Å². The molecule has 0 atom stereocenters. The lowest BCUT2D eigenvalue weighted by molar-refractivity contribution is 0.450. The maximum absolute atomic E-state index is 5.45. The zero-order valence-electron chi connectivity index (χ0n) is 8.14. The van der Waals surface area contributed by atoms with Gasteiger partial charge in [0.15, 0.2) is 5.76 Å². The van der Waals surface area contributed by atoms with Crippen molar-refractivity contribution in [3.05, 3.63) is 54.5 Å². The second kappa shape index (κ2) is 3.31. The topological polar surface area (TPSA) is 21.8 Å². The Balaban J connectivity index is 1.94.